The Bertz CT molecular complexity index is 408. The predicted molar refractivity (Wildman–Crippen MR) is 80.7 cm³/mol. The Morgan fingerprint density at radius 2 is 1.78 bits per heavy atom. The molecule has 18 heavy (non-hydrogen) atoms. The lowest BCUT2D eigenvalue weighted by atomic mass is 9.70. The van der Waals surface area contributed by atoms with Gasteiger partial charge in [-0.2, -0.15) is 0 Å². The normalized spacial score (nSPS) is 26.9. The van der Waals surface area contributed by atoms with E-state index in [-0.39, 0.29) is 0 Å². The Kier molecular flexibility index (Phi) is 4.13. The fraction of sp³-hybridized carbons (Fsp3) is 0.600. The maximum absolute atomic E-state index is 6.03. The van der Waals surface area contributed by atoms with Crippen LogP contribution in [0.1, 0.15) is 40.0 Å². The molecule has 1 aliphatic carbocycles. The van der Waals surface area contributed by atoms with E-state index in [0.717, 1.165) is 5.69 Å². The zero-order valence-electron chi connectivity index (χ0n) is 11.3. The minimum Gasteiger partial charge on any atom is -0.382 e. The van der Waals surface area contributed by atoms with Crippen LogP contribution in [0, 0.1) is 11.3 Å². The molecule has 1 fully saturated rings. The van der Waals surface area contributed by atoms with Crippen LogP contribution in [-0.2, 0) is 0 Å². The number of halogens is 2. The molecule has 2 unspecified atom stereocenters. The Morgan fingerprint density at radius 1 is 1.17 bits per heavy atom. The molecule has 1 aromatic carbocycles. The third-order valence-corrected chi connectivity index (χ3v) is 4.34. The number of benzene rings is 1. The highest BCUT2D eigenvalue weighted by atomic mass is 35.5. The van der Waals surface area contributed by atoms with E-state index in [1.807, 2.05) is 12.1 Å². The average molecular weight is 286 g/mol. The van der Waals surface area contributed by atoms with E-state index in [2.05, 4.69) is 26.1 Å². The molecule has 0 heterocycles. The van der Waals surface area contributed by atoms with Crippen LogP contribution in [0.2, 0.25) is 10.0 Å². The molecule has 0 aliphatic heterocycles. The third-order valence-electron chi connectivity index (χ3n) is 3.91. The summed E-state index contributed by atoms with van der Waals surface area (Å²) in [7, 11) is 0. The van der Waals surface area contributed by atoms with Crippen molar-refractivity contribution in [2.75, 3.05) is 5.32 Å². The van der Waals surface area contributed by atoms with Crippen molar-refractivity contribution < 1.29 is 0 Å². The summed E-state index contributed by atoms with van der Waals surface area (Å²) >= 11 is 12.1. The number of nitrogens with one attached hydrogen (secondary N) is 1. The maximum Gasteiger partial charge on any atom is 0.0441 e. The van der Waals surface area contributed by atoms with Gasteiger partial charge in [-0.3, -0.25) is 0 Å². The van der Waals surface area contributed by atoms with Crippen molar-refractivity contribution in [3.8, 4) is 0 Å². The van der Waals surface area contributed by atoms with E-state index >= 15 is 0 Å². The van der Waals surface area contributed by atoms with Gasteiger partial charge in [0.15, 0.2) is 0 Å². The number of hydrogen-bond acceptors (Lipinski definition) is 1. The first-order valence-corrected chi connectivity index (χ1v) is 7.34. The lowest BCUT2D eigenvalue weighted by Gasteiger charge is -2.40. The second-order valence-corrected chi connectivity index (χ2v) is 7.17. The Balaban J connectivity index is 2.05. The first-order valence-electron chi connectivity index (χ1n) is 6.58. The van der Waals surface area contributed by atoms with Crippen LogP contribution in [0.5, 0.6) is 0 Å². The van der Waals surface area contributed by atoms with Gasteiger partial charge in [0, 0.05) is 21.8 Å². The van der Waals surface area contributed by atoms with Crippen molar-refractivity contribution >= 4 is 28.9 Å². The van der Waals surface area contributed by atoms with Gasteiger partial charge in [0.1, 0.15) is 0 Å². The maximum atomic E-state index is 6.03. The van der Waals surface area contributed by atoms with E-state index in [1.54, 1.807) is 6.07 Å². The van der Waals surface area contributed by atoms with E-state index in [0.29, 0.717) is 27.4 Å². The Labute approximate surface area is 120 Å². The van der Waals surface area contributed by atoms with E-state index in [9.17, 15) is 0 Å². The van der Waals surface area contributed by atoms with Crippen molar-refractivity contribution in [3.05, 3.63) is 28.2 Å². The molecule has 2 rings (SSSR count). The van der Waals surface area contributed by atoms with Crippen molar-refractivity contribution in [2.24, 2.45) is 11.3 Å². The first-order chi connectivity index (χ1) is 8.35. The molecule has 100 valence electrons. The standard InChI is InChI=1S/C15H21Cl2N/c1-10-9-15(2,3)5-4-14(10)18-13-7-11(16)6-12(17)8-13/h6-8,10,14,18H,4-5,9H2,1-3H3. The molecule has 1 N–H and O–H groups in total. The second-order valence-electron chi connectivity index (χ2n) is 6.29. The van der Waals surface area contributed by atoms with E-state index in [4.69, 9.17) is 23.2 Å². The van der Waals surface area contributed by atoms with Gasteiger partial charge in [0.25, 0.3) is 0 Å². The topological polar surface area (TPSA) is 12.0 Å². The summed E-state index contributed by atoms with van der Waals surface area (Å²) in [6.07, 6.45) is 3.74. The Morgan fingerprint density at radius 3 is 2.33 bits per heavy atom. The summed E-state index contributed by atoms with van der Waals surface area (Å²) in [6, 6.07) is 6.18. The van der Waals surface area contributed by atoms with Crippen LogP contribution in [0.25, 0.3) is 0 Å². The van der Waals surface area contributed by atoms with Crippen molar-refractivity contribution in [1.29, 1.82) is 0 Å². The minimum atomic E-state index is 0.476. The smallest absolute Gasteiger partial charge is 0.0441 e. The van der Waals surface area contributed by atoms with Crippen LogP contribution in [0.4, 0.5) is 5.69 Å². The molecule has 0 bridgehead atoms. The minimum absolute atomic E-state index is 0.476. The summed E-state index contributed by atoms with van der Waals surface area (Å²) < 4.78 is 0. The van der Waals surface area contributed by atoms with Gasteiger partial charge in [-0.05, 0) is 48.8 Å². The van der Waals surface area contributed by atoms with Crippen LogP contribution < -0.4 is 5.32 Å². The van der Waals surface area contributed by atoms with Gasteiger partial charge in [-0.15, -0.1) is 0 Å². The molecular weight excluding hydrogens is 265 g/mol. The molecule has 3 heteroatoms. The largest absolute Gasteiger partial charge is 0.382 e. The molecular formula is C15H21Cl2N. The molecule has 1 aromatic rings. The quantitative estimate of drug-likeness (QED) is 0.744. The summed E-state index contributed by atoms with van der Waals surface area (Å²) in [5.41, 5.74) is 1.51. The zero-order chi connectivity index (χ0) is 13.3. The van der Waals surface area contributed by atoms with Crippen molar-refractivity contribution in [2.45, 2.75) is 46.1 Å². The highest BCUT2D eigenvalue weighted by Crippen LogP contribution is 2.39. The molecule has 0 spiro atoms. The second kappa shape index (κ2) is 5.30. The fourth-order valence-corrected chi connectivity index (χ4v) is 3.54. The first kappa shape index (κ1) is 14.0. The van der Waals surface area contributed by atoms with Gasteiger partial charge < -0.3 is 5.32 Å². The van der Waals surface area contributed by atoms with Crippen molar-refractivity contribution in [3.63, 3.8) is 0 Å². The summed E-state index contributed by atoms with van der Waals surface area (Å²) in [6.45, 7) is 7.04. The summed E-state index contributed by atoms with van der Waals surface area (Å²) in [5, 5.41) is 4.96. The number of hydrogen-bond donors (Lipinski definition) is 1. The Hall–Kier alpha value is -0.400. The van der Waals surface area contributed by atoms with Crippen LogP contribution in [0.15, 0.2) is 18.2 Å². The van der Waals surface area contributed by atoms with Gasteiger partial charge >= 0.3 is 0 Å². The molecule has 0 amide bonds. The SMILES string of the molecule is CC1CC(C)(C)CCC1Nc1cc(Cl)cc(Cl)c1. The van der Waals surface area contributed by atoms with Crippen LogP contribution >= 0.6 is 23.2 Å². The molecule has 1 saturated carbocycles. The van der Waals surface area contributed by atoms with E-state index in [1.165, 1.54) is 19.3 Å². The van der Waals surface area contributed by atoms with Crippen LogP contribution in [-0.4, -0.2) is 6.04 Å². The lowest BCUT2D eigenvalue weighted by Crippen LogP contribution is -2.36. The molecule has 0 aromatic heterocycles. The number of anilines is 1. The third kappa shape index (κ3) is 3.55. The average Bonchev–Trinajstić information content (AvgIpc) is 2.20. The zero-order valence-corrected chi connectivity index (χ0v) is 12.8. The summed E-state index contributed by atoms with van der Waals surface area (Å²) in [4.78, 5) is 0. The summed E-state index contributed by atoms with van der Waals surface area (Å²) in [5.74, 6) is 0.673. The molecule has 1 aliphatic rings. The number of rotatable bonds is 2. The molecule has 1 nitrogen and oxygen atoms in total. The highest BCUT2D eigenvalue weighted by molar-refractivity contribution is 6.35. The van der Waals surface area contributed by atoms with Gasteiger partial charge in [-0.25, -0.2) is 0 Å². The highest BCUT2D eigenvalue weighted by Gasteiger charge is 2.32. The van der Waals surface area contributed by atoms with Crippen molar-refractivity contribution in [1.82, 2.24) is 0 Å². The molecule has 0 radical (unpaired) electrons. The van der Waals surface area contributed by atoms with Gasteiger partial charge in [0.05, 0.1) is 0 Å². The van der Waals surface area contributed by atoms with Gasteiger partial charge in [0.2, 0.25) is 0 Å². The molecule has 2 atom stereocenters. The molecule has 0 saturated heterocycles. The lowest BCUT2D eigenvalue weighted by molar-refractivity contribution is 0.177. The van der Waals surface area contributed by atoms with Crippen LogP contribution in [0.3, 0.4) is 0 Å². The van der Waals surface area contributed by atoms with Gasteiger partial charge in [-0.1, -0.05) is 44.0 Å². The predicted octanol–water partition coefficient (Wildman–Crippen LogP) is 5.62. The monoisotopic (exact) mass is 285 g/mol. The fourth-order valence-electron chi connectivity index (χ4n) is 3.01. The van der Waals surface area contributed by atoms with E-state index < -0.39 is 0 Å².